The van der Waals surface area contributed by atoms with Gasteiger partial charge in [0.05, 0.1) is 12.7 Å². The van der Waals surface area contributed by atoms with Gasteiger partial charge in [0.2, 0.25) is 5.78 Å². The van der Waals surface area contributed by atoms with Crippen LogP contribution in [0.1, 0.15) is 26.3 Å². The van der Waals surface area contributed by atoms with Crippen LogP contribution in [0.15, 0.2) is 17.3 Å². The van der Waals surface area contributed by atoms with Crippen LogP contribution >= 0.6 is 0 Å². The van der Waals surface area contributed by atoms with Crippen molar-refractivity contribution in [2.75, 3.05) is 7.11 Å². The number of ether oxygens (including phenoxy) is 1. The highest BCUT2D eigenvalue weighted by Crippen LogP contribution is 2.28. The van der Waals surface area contributed by atoms with Gasteiger partial charge in [-0.25, -0.2) is 0 Å². The number of ketones is 1. The number of hydrogen-bond donors (Lipinski definition) is 2. The van der Waals surface area contributed by atoms with E-state index in [1.807, 2.05) is 0 Å². The molecule has 1 aromatic rings. The van der Waals surface area contributed by atoms with E-state index in [4.69, 9.17) is 15.7 Å². The average molecular weight is 234 g/mol. The van der Waals surface area contributed by atoms with E-state index in [9.17, 15) is 9.59 Å². The molecule has 0 radical (unpaired) electrons. The van der Waals surface area contributed by atoms with Crippen molar-refractivity contribution in [2.45, 2.75) is 6.42 Å². The first-order valence-electron chi connectivity index (χ1n) is 4.84. The minimum atomic E-state index is -0.674. The molecule has 6 nitrogen and oxygen atoms in total. The minimum absolute atomic E-state index is 0.0451. The standard InChI is InChI=1S/C11H10N2O4/c1-17-9-3-5-2-8(13-16)10(14)6(5)4-7(9)11(12)15/h3-4,16H,2H2,1H3,(H2,12,15)/b13-8+. The van der Waals surface area contributed by atoms with Crippen LogP contribution in [-0.2, 0) is 6.42 Å². The van der Waals surface area contributed by atoms with Crippen LogP contribution in [0, 0.1) is 0 Å². The van der Waals surface area contributed by atoms with Crippen LogP contribution in [0.4, 0.5) is 0 Å². The highest BCUT2D eigenvalue weighted by atomic mass is 16.5. The summed E-state index contributed by atoms with van der Waals surface area (Å²) in [6.07, 6.45) is 0.222. The number of rotatable bonds is 2. The molecule has 3 N–H and O–H groups in total. The molecule has 0 saturated heterocycles. The molecule has 1 aliphatic rings. The second-order valence-corrected chi connectivity index (χ2v) is 3.63. The summed E-state index contributed by atoms with van der Waals surface area (Å²) in [4.78, 5) is 22.9. The third-order valence-electron chi connectivity index (χ3n) is 2.68. The van der Waals surface area contributed by atoms with Crippen molar-refractivity contribution in [3.8, 4) is 5.75 Å². The molecule has 0 aromatic heterocycles. The van der Waals surface area contributed by atoms with Gasteiger partial charge in [0.15, 0.2) is 0 Å². The van der Waals surface area contributed by atoms with Crippen molar-refractivity contribution >= 4 is 17.4 Å². The Hall–Kier alpha value is -2.37. The van der Waals surface area contributed by atoms with E-state index in [0.29, 0.717) is 16.9 Å². The predicted octanol–water partition coefficient (Wildman–Crippen LogP) is 0.363. The quantitative estimate of drug-likeness (QED) is 0.569. The summed E-state index contributed by atoms with van der Waals surface area (Å²) in [7, 11) is 1.41. The van der Waals surface area contributed by atoms with E-state index < -0.39 is 11.7 Å². The zero-order chi connectivity index (χ0) is 12.6. The maximum Gasteiger partial charge on any atom is 0.252 e. The molecule has 17 heavy (non-hydrogen) atoms. The molecular weight excluding hydrogens is 224 g/mol. The molecule has 0 aliphatic heterocycles. The SMILES string of the molecule is COc1cc2c(cc1C(N)=O)C(=O)/C(=N/O)C2. The maximum absolute atomic E-state index is 11.7. The van der Waals surface area contributed by atoms with E-state index >= 15 is 0 Å². The Labute approximate surface area is 96.7 Å². The molecule has 2 rings (SSSR count). The number of Topliss-reactive ketones (excluding diaryl/α,β-unsaturated/α-hetero) is 1. The van der Waals surface area contributed by atoms with Gasteiger partial charge in [0.25, 0.3) is 5.91 Å². The van der Waals surface area contributed by atoms with E-state index in [0.717, 1.165) is 0 Å². The van der Waals surface area contributed by atoms with E-state index in [2.05, 4.69) is 5.16 Å². The Morgan fingerprint density at radius 1 is 1.53 bits per heavy atom. The van der Waals surface area contributed by atoms with E-state index in [-0.39, 0.29) is 17.7 Å². The number of amides is 1. The van der Waals surface area contributed by atoms with Crippen molar-refractivity contribution in [3.05, 3.63) is 28.8 Å². The summed E-state index contributed by atoms with van der Waals surface area (Å²) >= 11 is 0. The lowest BCUT2D eigenvalue weighted by Gasteiger charge is -2.07. The number of oxime groups is 1. The summed E-state index contributed by atoms with van der Waals surface area (Å²) in [6, 6.07) is 2.93. The number of benzene rings is 1. The number of fused-ring (bicyclic) bond motifs is 1. The van der Waals surface area contributed by atoms with Crippen molar-refractivity contribution in [2.24, 2.45) is 10.9 Å². The third kappa shape index (κ3) is 1.63. The first kappa shape index (κ1) is 11.1. The highest BCUT2D eigenvalue weighted by molar-refractivity contribution is 6.49. The highest BCUT2D eigenvalue weighted by Gasteiger charge is 2.29. The van der Waals surface area contributed by atoms with Crippen molar-refractivity contribution in [1.82, 2.24) is 0 Å². The largest absolute Gasteiger partial charge is 0.496 e. The summed E-state index contributed by atoms with van der Waals surface area (Å²) in [5.41, 5.74) is 6.35. The second kappa shape index (κ2) is 3.89. The molecule has 1 aliphatic carbocycles. The molecule has 1 aromatic carbocycles. The molecule has 88 valence electrons. The van der Waals surface area contributed by atoms with Crippen molar-refractivity contribution in [1.29, 1.82) is 0 Å². The number of methoxy groups -OCH3 is 1. The Kier molecular flexibility index (Phi) is 2.55. The summed E-state index contributed by atoms with van der Waals surface area (Å²) in [5, 5.41) is 11.6. The lowest BCUT2D eigenvalue weighted by molar-refractivity contribution is 0.0997. The van der Waals surface area contributed by atoms with Crippen molar-refractivity contribution < 1.29 is 19.5 Å². The fraction of sp³-hybridized carbons (Fsp3) is 0.182. The normalized spacial score (nSPS) is 16.1. The van der Waals surface area contributed by atoms with Gasteiger partial charge in [-0.05, 0) is 17.7 Å². The summed E-state index contributed by atoms with van der Waals surface area (Å²) in [6.45, 7) is 0. The number of hydrogen-bond acceptors (Lipinski definition) is 5. The minimum Gasteiger partial charge on any atom is -0.496 e. The fourth-order valence-corrected chi connectivity index (χ4v) is 1.84. The van der Waals surface area contributed by atoms with Gasteiger partial charge in [0, 0.05) is 12.0 Å². The maximum atomic E-state index is 11.7. The number of primary amides is 1. The Balaban J connectivity index is 2.62. The van der Waals surface area contributed by atoms with Crippen LogP contribution < -0.4 is 10.5 Å². The fourth-order valence-electron chi connectivity index (χ4n) is 1.84. The molecule has 0 unspecified atom stereocenters. The number of carbonyl (C=O) groups is 2. The average Bonchev–Trinajstić information content (AvgIpc) is 2.64. The van der Waals surface area contributed by atoms with Crippen molar-refractivity contribution in [3.63, 3.8) is 0 Å². The van der Waals surface area contributed by atoms with Gasteiger partial charge < -0.3 is 15.7 Å². The van der Waals surface area contributed by atoms with Crippen LogP contribution in [0.5, 0.6) is 5.75 Å². The Morgan fingerprint density at radius 3 is 2.76 bits per heavy atom. The molecular formula is C11H10N2O4. The molecule has 0 atom stereocenters. The van der Waals surface area contributed by atoms with Gasteiger partial charge in [-0.3, -0.25) is 9.59 Å². The molecule has 1 amide bonds. The van der Waals surface area contributed by atoms with Gasteiger partial charge >= 0.3 is 0 Å². The third-order valence-corrected chi connectivity index (χ3v) is 2.68. The summed E-state index contributed by atoms with van der Waals surface area (Å²) in [5.74, 6) is -0.761. The van der Waals surface area contributed by atoms with E-state index in [1.54, 1.807) is 6.07 Å². The molecule has 0 bridgehead atoms. The Morgan fingerprint density at radius 2 is 2.24 bits per heavy atom. The van der Waals surface area contributed by atoms with Crippen LogP contribution in [0.25, 0.3) is 0 Å². The van der Waals surface area contributed by atoms with E-state index in [1.165, 1.54) is 13.2 Å². The number of nitrogens with two attached hydrogens (primary N) is 1. The zero-order valence-electron chi connectivity index (χ0n) is 9.06. The monoisotopic (exact) mass is 234 g/mol. The first-order valence-corrected chi connectivity index (χ1v) is 4.84. The topological polar surface area (TPSA) is 102 Å². The zero-order valence-corrected chi connectivity index (χ0v) is 9.06. The summed E-state index contributed by atoms with van der Waals surface area (Å²) < 4.78 is 5.02. The van der Waals surface area contributed by atoms with Gasteiger partial charge in [-0.2, -0.15) is 0 Å². The van der Waals surface area contributed by atoms with Gasteiger partial charge in [0.1, 0.15) is 11.5 Å². The molecule has 6 heteroatoms. The second-order valence-electron chi connectivity index (χ2n) is 3.63. The molecule has 0 spiro atoms. The number of carbonyl (C=O) groups excluding carboxylic acids is 2. The smallest absolute Gasteiger partial charge is 0.252 e. The van der Waals surface area contributed by atoms with Crippen LogP contribution in [0.2, 0.25) is 0 Å². The van der Waals surface area contributed by atoms with Crippen LogP contribution in [0.3, 0.4) is 0 Å². The number of nitrogens with zero attached hydrogens (tertiary/aromatic N) is 1. The first-order chi connectivity index (χ1) is 8.08. The predicted molar refractivity (Wildman–Crippen MR) is 58.8 cm³/mol. The Bertz CT molecular complexity index is 549. The lowest BCUT2D eigenvalue weighted by atomic mass is 10.0. The lowest BCUT2D eigenvalue weighted by Crippen LogP contribution is -2.14. The molecule has 0 heterocycles. The molecule has 0 fully saturated rings. The van der Waals surface area contributed by atoms with Gasteiger partial charge in [-0.1, -0.05) is 5.16 Å². The van der Waals surface area contributed by atoms with Crippen LogP contribution in [-0.4, -0.2) is 29.7 Å². The van der Waals surface area contributed by atoms with Gasteiger partial charge in [-0.15, -0.1) is 0 Å². The molecule has 0 saturated carbocycles.